The Hall–Kier alpha value is -0.790. The lowest BCUT2D eigenvalue weighted by molar-refractivity contribution is -0.144. The molecule has 0 bridgehead atoms. The maximum absolute atomic E-state index is 11.7. The van der Waals surface area contributed by atoms with Crippen molar-refractivity contribution < 1.29 is 9.53 Å². The minimum atomic E-state index is -0.0278. The van der Waals surface area contributed by atoms with Gasteiger partial charge in [-0.25, -0.2) is 0 Å². The van der Waals surface area contributed by atoms with Gasteiger partial charge in [0.2, 0.25) is 0 Å². The maximum atomic E-state index is 11.7. The molecule has 0 spiro atoms. The highest BCUT2D eigenvalue weighted by Gasteiger charge is 2.20. The molecule has 0 saturated carbocycles. The van der Waals surface area contributed by atoms with Gasteiger partial charge in [0, 0.05) is 0 Å². The van der Waals surface area contributed by atoms with Crippen molar-refractivity contribution in [3.8, 4) is 0 Å². The Balaban J connectivity index is 2.28. The molecule has 0 saturated heterocycles. The van der Waals surface area contributed by atoms with Crippen LogP contribution >= 0.6 is 0 Å². The smallest absolute Gasteiger partial charge is 0.306 e. The Morgan fingerprint density at radius 1 is 1.35 bits per heavy atom. The van der Waals surface area contributed by atoms with E-state index in [0.717, 1.165) is 18.8 Å². The first-order valence-corrected chi connectivity index (χ1v) is 8.51. The van der Waals surface area contributed by atoms with Gasteiger partial charge in [-0.05, 0) is 37.5 Å². The molecule has 0 amide bonds. The first-order valence-electron chi connectivity index (χ1n) is 8.51. The van der Waals surface area contributed by atoms with E-state index in [9.17, 15) is 4.79 Å². The van der Waals surface area contributed by atoms with Gasteiger partial charge in [0.05, 0.1) is 13.0 Å². The van der Waals surface area contributed by atoms with E-state index in [1.807, 2.05) is 0 Å². The van der Waals surface area contributed by atoms with Gasteiger partial charge in [-0.15, -0.1) is 0 Å². The Labute approximate surface area is 125 Å². The second-order valence-corrected chi connectivity index (χ2v) is 6.24. The first kappa shape index (κ1) is 17.3. The average Bonchev–Trinajstić information content (AvgIpc) is 2.46. The molecule has 2 heteroatoms. The van der Waals surface area contributed by atoms with Crippen molar-refractivity contribution in [3.05, 3.63) is 11.6 Å². The molecule has 20 heavy (non-hydrogen) atoms. The zero-order chi connectivity index (χ0) is 14.8. The molecule has 0 aromatic carbocycles. The van der Waals surface area contributed by atoms with Crippen LogP contribution in [0.25, 0.3) is 0 Å². The summed E-state index contributed by atoms with van der Waals surface area (Å²) in [5.74, 6) is 1.21. The van der Waals surface area contributed by atoms with Gasteiger partial charge in [-0.1, -0.05) is 58.1 Å². The summed E-state index contributed by atoms with van der Waals surface area (Å²) in [7, 11) is 0. The summed E-state index contributed by atoms with van der Waals surface area (Å²) in [6.07, 6.45) is 12.7. The SMILES string of the molecule is CCCCOC(=O)CC(C)C1=CCC(CCCC)CC1. The van der Waals surface area contributed by atoms with Crippen molar-refractivity contribution in [1.29, 1.82) is 0 Å². The summed E-state index contributed by atoms with van der Waals surface area (Å²) in [4.78, 5) is 11.7. The number of carbonyl (C=O) groups excluding carboxylic acids is 1. The van der Waals surface area contributed by atoms with Crippen LogP contribution in [0, 0.1) is 11.8 Å². The van der Waals surface area contributed by atoms with Gasteiger partial charge < -0.3 is 4.74 Å². The molecular formula is C18H32O2. The Morgan fingerprint density at radius 2 is 2.10 bits per heavy atom. The molecule has 1 aliphatic rings. The molecule has 1 aliphatic carbocycles. The summed E-state index contributed by atoms with van der Waals surface area (Å²) in [5, 5.41) is 0. The third-order valence-electron chi connectivity index (χ3n) is 4.39. The summed E-state index contributed by atoms with van der Waals surface area (Å²) in [6.45, 7) is 7.12. The molecule has 1 rings (SSSR count). The van der Waals surface area contributed by atoms with Gasteiger partial charge in [0.15, 0.2) is 0 Å². The lowest BCUT2D eigenvalue weighted by Gasteiger charge is -2.25. The highest BCUT2D eigenvalue weighted by molar-refractivity contribution is 5.70. The van der Waals surface area contributed by atoms with Crippen molar-refractivity contribution in [2.45, 2.75) is 78.6 Å². The summed E-state index contributed by atoms with van der Waals surface area (Å²) >= 11 is 0. The van der Waals surface area contributed by atoms with Crippen LogP contribution < -0.4 is 0 Å². The van der Waals surface area contributed by atoms with E-state index in [1.165, 1.54) is 44.1 Å². The monoisotopic (exact) mass is 280 g/mol. The Kier molecular flexibility index (Phi) is 8.64. The molecule has 0 radical (unpaired) electrons. The quantitative estimate of drug-likeness (QED) is 0.326. The zero-order valence-electron chi connectivity index (χ0n) is 13.6. The lowest BCUT2D eigenvalue weighted by atomic mass is 9.81. The normalized spacial score (nSPS) is 20.4. The van der Waals surface area contributed by atoms with Crippen LogP contribution in [0.15, 0.2) is 11.6 Å². The molecular weight excluding hydrogens is 248 g/mol. The lowest BCUT2D eigenvalue weighted by Crippen LogP contribution is -2.15. The van der Waals surface area contributed by atoms with Crippen LogP contribution in [-0.4, -0.2) is 12.6 Å². The minimum Gasteiger partial charge on any atom is -0.466 e. The average molecular weight is 280 g/mol. The van der Waals surface area contributed by atoms with E-state index >= 15 is 0 Å². The first-order chi connectivity index (χ1) is 9.67. The minimum absolute atomic E-state index is 0.0278. The maximum Gasteiger partial charge on any atom is 0.306 e. The second kappa shape index (κ2) is 10.0. The topological polar surface area (TPSA) is 26.3 Å². The molecule has 2 atom stereocenters. The van der Waals surface area contributed by atoms with Crippen LogP contribution in [-0.2, 0) is 9.53 Å². The number of hydrogen-bond donors (Lipinski definition) is 0. The van der Waals surface area contributed by atoms with Crippen molar-refractivity contribution in [3.63, 3.8) is 0 Å². The van der Waals surface area contributed by atoms with Gasteiger partial charge in [-0.3, -0.25) is 4.79 Å². The van der Waals surface area contributed by atoms with Gasteiger partial charge >= 0.3 is 5.97 Å². The van der Waals surface area contributed by atoms with Crippen molar-refractivity contribution in [2.24, 2.45) is 11.8 Å². The predicted molar refractivity (Wildman–Crippen MR) is 84.6 cm³/mol. The van der Waals surface area contributed by atoms with Crippen molar-refractivity contribution in [1.82, 2.24) is 0 Å². The van der Waals surface area contributed by atoms with E-state index in [1.54, 1.807) is 0 Å². The van der Waals surface area contributed by atoms with Crippen molar-refractivity contribution in [2.75, 3.05) is 6.61 Å². The Bertz CT molecular complexity index is 307. The molecule has 0 N–H and O–H groups in total. The fourth-order valence-corrected chi connectivity index (χ4v) is 2.88. The van der Waals surface area contributed by atoms with Crippen LogP contribution in [0.3, 0.4) is 0 Å². The molecule has 116 valence electrons. The predicted octanol–water partition coefficient (Wildman–Crippen LogP) is 5.27. The number of allylic oxidation sites excluding steroid dienone is 2. The zero-order valence-corrected chi connectivity index (χ0v) is 13.6. The van der Waals surface area contributed by atoms with Crippen LogP contribution in [0.4, 0.5) is 0 Å². The van der Waals surface area contributed by atoms with E-state index < -0.39 is 0 Å². The molecule has 2 unspecified atom stereocenters. The highest BCUT2D eigenvalue weighted by Crippen LogP contribution is 2.32. The van der Waals surface area contributed by atoms with Gasteiger partial charge in [-0.2, -0.15) is 0 Å². The van der Waals surface area contributed by atoms with Crippen LogP contribution in [0.1, 0.15) is 78.6 Å². The largest absolute Gasteiger partial charge is 0.466 e. The highest BCUT2D eigenvalue weighted by atomic mass is 16.5. The number of unbranched alkanes of at least 4 members (excludes halogenated alkanes) is 2. The van der Waals surface area contributed by atoms with Crippen molar-refractivity contribution >= 4 is 5.97 Å². The fourth-order valence-electron chi connectivity index (χ4n) is 2.88. The van der Waals surface area contributed by atoms with Crippen LogP contribution in [0.5, 0.6) is 0 Å². The summed E-state index contributed by atoms with van der Waals surface area (Å²) in [6, 6.07) is 0. The van der Waals surface area contributed by atoms with Gasteiger partial charge in [0.1, 0.15) is 0 Å². The molecule has 0 heterocycles. The number of rotatable bonds is 9. The Morgan fingerprint density at radius 3 is 2.70 bits per heavy atom. The van der Waals surface area contributed by atoms with E-state index in [2.05, 4.69) is 26.8 Å². The third kappa shape index (κ3) is 6.58. The fraction of sp³-hybridized carbons (Fsp3) is 0.833. The van der Waals surface area contributed by atoms with Crippen LogP contribution in [0.2, 0.25) is 0 Å². The van der Waals surface area contributed by atoms with E-state index in [4.69, 9.17) is 4.74 Å². The second-order valence-electron chi connectivity index (χ2n) is 6.24. The molecule has 2 nitrogen and oxygen atoms in total. The molecule has 0 aromatic rings. The standard InChI is InChI=1S/C18H32O2/c1-4-6-8-16-9-11-17(12-10-16)15(3)14-18(19)20-13-7-5-2/h11,15-16H,4-10,12-14H2,1-3H3. The van der Waals surface area contributed by atoms with E-state index in [0.29, 0.717) is 18.9 Å². The molecule has 0 aliphatic heterocycles. The molecule has 0 aromatic heterocycles. The van der Waals surface area contributed by atoms with Gasteiger partial charge in [0.25, 0.3) is 0 Å². The number of ether oxygens (including phenoxy) is 1. The number of carbonyl (C=O) groups is 1. The number of esters is 1. The number of hydrogen-bond acceptors (Lipinski definition) is 2. The van der Waals surface area contributed by atoms with E-state index in [-0.39, 0.29) is 5.97 Å². The summed E-state index contributed by atoms with van der Waals surface area (Å²) in [5.41, 5.74) is 1.48. The summed E-state index contributed by atoms with van der Waals surface area (Å²) < 4.78 is 5.25. The third-order valence-corrected chi connectivity index (χ3v) is 4.39. The molecule has 0 fully saturated rings.